The molecule has 0 saturated heterocycles. The molecule has 4 N–H and O–H groups in total. The molecule has 2 radical (unpaired) electrons. The van der Waals surface area contributed by atoms with Crippen LogP contribution in [0, 0.1) is 16.6 Å². The van der Waals surface area contributed by atoms with Crippen molar-refractivity contribution >= 4 is 26.9 Å². The van der Waals surface area contributed by atoms with E-state index < -0.39 is 5.63 Å². The maximum absolute atomic E-state index is 10.2. The monoisotopic (exact) mass is 236 g/mol. The number of rotatable bonds is 1. The van der Waals surface area contributed by atoms with Crippen LogP contribution < -0.4 is 11.4 Å². The summed E-state index contributed by atoms with van der Waals surface area (Å²) in [5, 5.41) is 20.5. The van der Waals surface area contributed by atoms with Gasteiger partial charge in [-0.25, -0.2) is 4.79 Å². The van der Waals surface area contributed by atoms with E-state index in [1.165, 1.54) is 6.92 Å². The third kappa shape index (κ3) is 11.6. The van der Waals surface area contributed by atoms with Crippen molar-refractivity contribution in [2.45, 2.75) is 13.3 Å². The van der Waals surface area contributed by atoms with E-state index in [-0.39, 0.29) is 25.3 Å². The second-order valence-electron chi connectivity index (χ2n) is 2.47. The van der Waals surface area contributed by atoms with E-state index >= 15 is 0 Å². The molecule has 0 amide bonds. The van der Waals surface area contributed by atoms with Gasteiger partial charge in [-0.1, -0.05) is 0 Å². The summed E-state index contributed by atoms with van der Waals surface area (Å²) in [4.78, 5) is 20.0. The molecule has 1 aromatic rings. The molecule has 0 aliphatic heterocycles. The zero-order valence-corrected chi connectivity index (χ0v) is 9.08. The number of aromatic nitrogens is 1. The molecule has 1 heterocycles. The fourth-order valence-electron chi connectivity index (χ4n) is 0.472. The summed E-state index contributed by atoms with van der Waals surface area (Å²) in [6.07, 6.45) is 0.0417. The SMILES string of the molecule is CC(=O)CC#N.N=BO.[B]n1oc(=O)cc1N. The zero-order chi connectivity index (χ0) is 13.8. The standard InChI is InChI=1S/C4H5NO.C3H3BN2O2.BH2NO/c1-4(6)2-3-5;4-6-2(5)1-3(7)8-6;2-1-3/h2H2,1H3;1H,5H2;2-3H. The van der Waals surface area contributed by atoms with Crippen molar-refractivity contribution in [2.75, 3.05) is 5.73 Å². The summed E-state index contributed by atoms with van der Waals surface area (Å²) >= 11 is 0. The first-order valence-electron chi connectivity index (χ1n) is 4.12. The Morgan fingerprint density at radius 2 is 2.35 bits per heavy atom. The second-order valence-corrected chi connectivity index (χ2v) is 2.47. The van der Waals surface area contributed by atoms with E-state index in [9.17, 15) is 9.59 Å². The molecular formula is C7H10B2N4O4. The first-order valence-corrected chi connectivity index (χ1v) is 4.12. The molecule has 0 aromatic carbocycles. The number of nitrogens with one attached hydrogen (secondary N) is 1. The Kier molecular flexibility index (Phi) is 10.3. The molecule has 0 aliphatic rings. The number of ketones is 1. The van der Waals surface area contributed by atoms with Crippen molar-refractivity contribution in [3.8, 4) is 6.07 Å². The van der Waals surface area contributed by atoms with Crippen LogP contribution in [0.4, 0.5) is 5.82 Å². The van der Waals surface area contributed by atoms with E-state index in [4.69, 9.17) is 29.3 Å². The van der Waals surface area contributed by atoms with Gasteiger partial charge in [-0.3, -0.25) is 9.45 Å². The van der Waals surface area contributed by atoms with Crippen LogP contribution in [0.15, 0.2) is 15.4 Å². The molecule has 1 rings (SSSR count). The Bertz CT molecular complexity index is 425. The van der Waals surface area contributed by atoms with Crippen molar-refractivity contribution in [1.29, 1.82) is 10.6 Å². The van der Waals surface area contributed by atoms with Crippen LogP contribution in [0.25, 0.3) is 0 Å². The third-order valence-electron chi connectivity index (χ3n) is 1.04. The number of anilines is 1. The van der Waals surface area contributed by atoms with E-state index in [2.05, 4.69) is 4.52 Å². The van der Waals surface area contributed by atoms with Crippen LogP contribution in [-0.2, 0) is 4.79 Å². The molecule has 8 nitrogen and oxygen atoms in total. The molecule has 0 saturated carbocycles. The van der Waals surface area contributed by atoms with Crippen LogP contribution in [0.5, 0.6) is 0 Å². The number of hydrogen-bond acceptors (Lipinski definition) is 6. The molecule has 0 fully saturated rings. The van der Waals surface area contributed by atoms with E-state index in [1.807, 2.05) is 0 Å². The first-order chi connectivity index (χ1) is 7.88. The molecule has 0 atom stereocenters. The zero-order valence-electron chi connectivity index (χ0n) is 9.08. The number of nitrogens with two attached hydrogens (primary N) is 1. The second kappa shape index (κ2) is 10.2. The average molecular weight is 236 g/mol. The minimum atomic E-state index is -0.537. The molecule has 17 heavy (non-hydrogen) atoms. The van der Waals surface area contributed by atoms with Gasteiger partial charge in [0, 0.05) is 0 Å². The van der Waals surface area contributed by atoms with Gasteiger partial charge < -0.3 is 10.3 Å². The maximum atomic E-state index is 10.2. The Morgan fingerprint density at radius 3 is 2.41 bits per heavy atom. The number of nitriles is 1. The average Bonchev–Trinajstić information content (AvgIpc) is 2.45. The summed E-state index contributed by atoms with van der Waals surface area (Å²) in [7, 11) is 5.22. The fourth-order valence-corrected chi connectivity index (χ4v) is 0.472. The Balaban J connectivity index is 0. The summed E-state index contributed by atoms with van der Waals surface area (Å²) < 4.78 is 4.94. The number of carbonyl (C=O) groups excluding carboxylic acids is 1. The fraction of sp³-hybridized carbons (Fsp3) is 0.286. The topological polar surface area (TPSA) is 146 Å². The van der Waals surface area contributed by atoms with Gasteiger partial charge in [-0.2, -0.15) is 5.26 Å². The molecule has 0 bridgehead atoms. The van der Waals surface area contributed by atoms with Crippen LogP contribution in [0.1, 0.15) is 13.3 Å². The van der Waals surface area contributed by atoms with Gasteiger partial charge >= 0.3 is 23.2 Å². The van der Waals surface area contributed by atoms with Gasteiger partial charge in [0.05, 0.1) is 18.6 Å². The summed E-state index contributed by atoms with van der Waals surface area (Å²) in [5.74, 6) is 0.0486. The van der Waals surface area contributed by atoms with Gasteiger partial charge in [-0.15, -0.1) is 0 Å². The minimum absolute atomic E-state index is 0.0417. The molecule has 0 spiro atoms. The van der Waals surface area contributed by atoms with Gasteiger partial charge in [0.25, 0.3) is 7.98 Å². The van der Waals surface area contributed by atoms with Crippen molar-refractivity contribution < 1.29 is 14.3 Å². The molecule has 10 heteroatoms. The van der Waals surface area contributed by atoms with Crippen molar-refractivity contribution in [2.24, 2.45) is 0 Å². The van der Waals surface area contributed by atoms with Crippen molar-refractivity contribution in [1.82, 2.24) is 4.65 Å². The first kappa shape index (κ1) is 17.1. The van der Waals surface area contributed by atoms with E-state index in [1.54, 1.807) is 6.07 Å². The Labute approximate surface area is 98.8 Å². The predicted molar refractivity (Wildman–Crippen MR) is 60.1 cm³/mol. The van der Waals surface area contributed by atoms with Crippen LogP contribution >= 0.6 is 0 Å². The van der Waals surface area contributed by atoms with Crippen molar-refractivity contribution in [3.63, 3.8) is 0 Å². The minimum Gasteiger partial charge on any atom is -0.384 e. The molecule has 0 unspecified atom stereocenters. The molecule has 88 valence electrons. The number of Topliss-reactive ketones (excluding diaryl/α,β-unsaturated/α-hetero) is 1. The number of nitrogen functional groups attached to an aromatic ring is 1. The number of carbonyl (C=O) groups is 1. The van der Waals surface area contributed by atoms with Gasteiger partial charge in [0.15, 0.2) is 0 Å². The Morgan fingerprint density at radius 1 is 1.88 bits per heavy atom. The predicted octanol–water partition coefficient (Wildman–Crippen LogP) is -1.20. The summed E-state index contributed by atoms with van der Waals surface area (Å²) in [5.41, 5.74) is 4.55. The van der Waals surface area contributed by atoms with Crippen LogP contribution in [0.3, 0.4) is 0 Å². The van der Waals surface area contributed by atoms with Gasteiger partial charge in [-0.05, 0) is 6.92 Å². The number of nitrogens with zero attached hydrogens (tertiary/aromatic N) is 2. The van der Waals surface area contributed by atoms with Crippen LogP contribution in [-0.4, -0.2) is 30.7 Å². The van der Waals surface area contributed by atoms with Crippen LogP contribution in [0.2, 0.25) is 0 Å². The third-order valence-corrected chi connectivity index (χ3v) is 1.04. The smallest absolute Gasteiger partial charge is 0.357 e. The number of hydrogen-bond donors (Lipinski definition) is 3. The largest absolute Gasteiger partial charge is 0.384 e. The van der Waals surface area contributed by atoms with Crippen molar-refractivity contribution in [3.05, 3.63) is 16.5 Å². The summed E-state index contributed by atoms with van der Waals surface area (Å²) in [6, 6.07) is 2.81. The quantitative estimate of drug-likeness (QED) is 0.522. The van der Waals surface area contributed by atoms with E-state index in [0.29, 0.717) is 4.65 Å². The van der Waals surface area contributed by atoms with Gasteiger partial charge in [0.1, 0.15) is 11.6 Å². The normalized spacial score (nSPS) is 7.29. The molecule has 0 aliphatic carbocycles. The molecular weight excluding hydrogens is 226 g/mol. The maximum Gasteiger partial charge on any atom is 0.357 e. The summed E-state index contributed by atoms with van der Waals surface area (Å²) in [6.45, 7) is 1.39. The van der Waals surface area contributed by atoms with E-state index in [0.717, 1.165) is 6.07 Å². The molecule has 1 aromatic heterocycles. The van der Waals surface area contributed by atoms with Gasteiger partial charge in [0.2, 0.25) is 0 Å². The Hall–Kier alpha value is -2.30.